The van der Waals surface area contributed by atoms with Crippen molar-refractivity contribution in [3.8, 4) is 0 Å². The quantitative estimate of drug-likeness (QED) is 0.695. The van der Waals surface area contributed by atoms with E-state index in [-0.39, 0.29) is 17.5 Å². The summed E-state index contributed by atoms with van der Waals surface area (Å²) in [6, 6.07) is 0. The van der Waals surface area contributed by atoms with Gasteiger partial charge in [-0.05, 0) is 10.8 Å². The van der Waals surface area contributed by atoms with Crippen molar-refractivity contribution >= 4 is 23.7 Å². The minimum atomic E-state index is -1.16. The summed E-state index contributed by atoms with van der Waals surface area (Å²) in [6.45, 7) is 11.3. The van der Waals surface area contributed by atoms with Crippen LogP contribution < -0.4 is 5.43 Å². The standard InChI is InChI=1S/C17H20N2O3/c1-15(2,3)8-10-13(21)11(9(12(8)20)16(4,5)6)17(10)7-18-19-14(17)22/h7H,1-6H3,(H,19,22). The molecule has 0 aromatic heterocycles. The van der Waals surface area contributed by atoms with Crippen molar-refractivity contribution in [1.82, 2.24) is 5.43 Å². The van der Waals surface area contributed by atoms with Crippen LogP contribution in [0.4, 0.5) is 0 Å². The third-order valence-electron chi connectivity index (χ3n) is 4.48. The van der Waals surface area contributed by atoms with Crippen molar-refractivity contribution in [2.45, 2.75) is 41.5 Å². The van der Waals surface area contributed by atoms with Gasteiger partial charge in [0.05, 0.1) is 0 Å². The highest BCUT2D eigenvalue weighted by Crippen LogP contribution is 2.59. The van der Waals surface area contributed by atoms with Gasteiger partial charge in [-0.3, -0.25) is 14.4 Å². The third-order valence-corrected chi connectivity index (χ3v) is 4.48. The first-order valence-corrected chi connectivity index (χ1v) is 7.38. The maximum Gasteiger partial charge on any atom is 0.261 e. The molecule has 5 nitrogen and oxygen atoms in total. The maximum atomic E-state index is 13.0. The predicted molar refractivity (Wildman–Crippen MR) is 82.0 cm³/mol. The number of rotatable bonds is 0. The second kappa shape index (κ2) is 3.83. The van der Waals surface area contributed by atoms with Crippen LogP contribution >= 0.6 is 0 Å². The number of hydrogen-bond donors (Lipinski definition) is 1. The Labute approximate surface area is 129 Å². The molecule has 3 aliphatic rings. The van der Waals surface area contributed by atoms with Crippen LogP contribution in [0.25, 0.3) is 0 Å². The molecule has 0 radical (unpaired) electrons. The Morgan fingerprint density at radius 1 is 0.864 bits per heavy atom. The number of amides is 1. The molecule has 1 spiro atoms. The van der Waals surface area contributed by atoms with Gasteiger partial charge < -0.3 is 0 Å². The first-order valence-electron chi connectivity index (χ1n) is 7.38. The van der Waals surface area contributed by atoms with Crippen LogP contribution in [0.3, 0.4) is 0 Å². The van der Waals surface area contributed by atoms with E-state index >= 15 is 0 Å². The van der Waals surface area contributed by atoms with Gasteiger partial charge in [-0.15, -0.1) is 0 Å². The lowest BCUT2D eigenvalue weighted by Crippen LogP contribution is -2.58. The first kappa shape index (κ1) is 14.9. The molecule has 0 unspecified atom stereocenters. The molecular formula is C17H20N2O3. The number of hydrazone groups is 1. The number of Topliss-reactive ketones (excluding diaryl/α,β-unsaturated/α-hetero) is 2. The summed E-state index contributed by atoms with van der Waals surface area (Å²) in [7, 11) is 0. The molecule has 1 aliphatic heterocycles. The Kier molecular flexibility index (Phi) is 2.59. The van der Waals surface area contributed by atoms with Crippen LogP contribution in [-0.2, 0) is 14.4 Å². The summed E-state index contributed by atoms with van der Waals surface area (Å²) in [5.74, 6) is -0.630. The number of nitrogens with one attached hydrogen (secondary N) is 1. The molecule has 0 aromatic rings. The average Bonchev–Trinajstić information content (AvgIpc) is 2.72. The summed E-state index contributed by atoms with van der Waals surface area (Å²) in [4.78, 5) is 38.1. The van der Waals surface area contributed by atoms with E-state index in [1.54, 1.807) is 0 Å². The fourth-order valence-electron chi connectivity index (χ4n) is 3.64. The van der Waals surface area contributed by atoms with Gasteiger partial charge in [-0.2, -0.15) is 5.10 Å². The van der Waals surface area contributed by atoms with Gasteiger partial charge in [-0.1, -0.05) is 41.5 Å². The molecular weight excluding hydrogens is 280 g/mol. The molecule has 5 heteroatoms. The van der Waals surface area contributed by atoms with Crippen molar-refractivity contribution < 1.29 is 14.4 Å². The monoisotopic (exact) mass is 300 g/mol. The zero-order valence-electron chi connectivity index (χ0n) is 13.7. The van der Waals surface area contributed by atoms with Crippen LogP contribution in [0.2, 0.25) is 0 Å². The lowest BCUT2D eigenvalue weighted by Gasteiger charge is -2.49. The zero-order chi connectivity index (χ0) is 16.7. The fraction of sp³-hybridized carbons (Fsp3) is 0.529. The minimum Gasteiger partial charge on any atom is -0.289 e. The lowest BCUT2D eigenvalue weighted by molar-refractivity contribution is -0.131. The normalized spacial score (nSPS) is 23.5. The Balaban J connectivity index is 2.41. The SMILES string of the molecule is CC(C)(C)C1=C2C(=O)C(=C(C(C)(C)C)C1=O)C21C=NNC1=O. The molecule has 0 saturated heterocycles. The average molecular weight is 300 g/mol. The highest BCUT2D eigenvalue weighted by atomic mass is 16.2. The van der Waals surface area contributed by atoms with Crippen molar-refractivity contribution in [1.29, 1.82) is 0 Å². The van der Waals surface area contributed by atoms with Gasteiger partial charge >= 0.3 is 0 Å². The maximum absolute atomic E-state index is 13.0. The van der Waals surface area contributed by atoms with Gasteiger partial charge in [0.25, 0.3) is 5.91 Å². The van der Waals surface area contributed by atoms with Gasteiger partial charge in [0, 0.05) is 28.5 Å². The molecule has 2 aliphatic carbocycles. The molecule has 2 bridgehead atoms. The molecule has 22 heavy (non-hydrogen) atoms. The number of carbonyl (C=O) groups is 3. The highest BCUT2D eigenvalue weighted by Gasteiger charge is 2.67. The second-order valence-electron chi connectivity index (χ2n) is 8.17. The van der Waals surface area contributed by atoms with Crippen LogP contribution in [0.1, 0.15) is 41.5 Å². The number of ketones is 2. The molecule has 116 valence electrons. The van der Waals surface area contributed by atoms with Crippen LogP contribution in [0.5, 0.6) is 0 Å². The largest absolute Gasteiger partial charge is 0.289 e. The van der Waals surface area contributed by atoms with Gasteiger partial charge in [-0.25, -0.2) is 5.43 Å². The smallest absolute Gasteiger partial charge is 0.261 e. The van der Waals surface area contributed by atoms with Crippen molar-refractivity contribution in [3.63, 3.8) is 0 Å². The molecule has 1 saturated carbocycles. The van der Waals surface area contributed by atoms with Crippen molar-refractivity contribution in [2.75, 3.05) is 0 Å². The Hall–Kier alpha value is -2.04. The van der Waals surface area contributed by atoms with E-state index in [0.717, 1.165) is 0 Å². The van der Waals surface area contributed by atoms with E-state index in [4.69, 9.17) is 0 Å². The highest BCUT2D eigenvalue weighted by molar-refractivity contribution is 6.42. The Bertz CT molecular complexity index is 693. The summed E-state index contributed by atoms with van der Waals surface area (Å²) >= 11 is 0. The van der Waals surface area contributed by atoms with Crippen LogP contribution in [0, 0.1) is 16.2 Å². The second-order valence-corrected chi connectivity index (χ2v) is 8.17. The summed E-state index contributed by atoms with van der Waals surface area (Å²) in [5.41, 5.74) is 1.74. The van der Waals surface area contributed by atoms with Gasteiger partial charge in [0.1, 0.15) is 5.41 Å². The minimum absolute atomic E-state index is 0.108. The van der Waals surface area contributed by atoms with Crippen molar-refractivity contribution in [2.24, 2.45) is 21.3 Å². The Morgan fingerprint density at radius 2 is 1.32 bits per heavy atom. The van der Waals surface area contributed by atoms with Crippen LogP contribution in [0.15, 0.2) is 27.4 Å². The van der Waals surface area contributed by atoms with Crippen molar-refractivity contribution in [3.05, 3.63) is 22.3 Å². The summed E-state index contributed by atoms with van der Waals surface area (Å²) in [6.07, 6.45) is 1.48. The van der Waals surface area contributed by atoms with Crippen LogP contribution in [-0.4, -0.2) is 23.7 Å². The number of hydrogen-bond acceptors (Lipinski definition) is 4. The molecule has 1 N–H and O–H groups in total. The topological polar surface area (TPSA) is 75.6 Å². The fourth-order valence-corrected chi connectivity index (χ4v) is 3.64. The summed E-state index contributed by atoms with van der Waals surface area (Å²) < 4.78 is 0. The number of fused-ring (bicyclic) bond motifs is 4. The molecule has 3 rings (SSSR count). The zero-order valence-corrected chi connectivity index (χ0v) is 13.7. The third kappa shape index (κ3) is 1.49. The summed E-state index contributed by atoms with van der Waals surface area (Å²) in [5, 5.41) is 3.86. The first-order chi connectivity index (χ1) is 9.94. The lowest BCUT2D eigenvalue weighted by atomic mass is 9.49. The number of allylic oxidation sites excluding steroid dienone is 2. The van der Waals surface area contributed by atoms with E-state index < -0.39 is 16.2 Å². The predicted octanol–water partition coefficient (Wildman–Crippen LogP) is 1.94. The van der Waals surface area contributed by atoms with Gasteiger partial charge in [0.15, 0.2) is 11.6 Å². The van der Waals surface area contributed by atoms with E-state index in [2.05, 4.69) is 10.5 Å². The van der Waals surface area contributed by atoms with E-state index in [1.165, 1.54) is 6.21 Å². The molecule has 0 aromatic carbocycles. The molecule has 1 heterocycles. The Morgan fingerprint density at radius 3 is 1.64 bits per heavy atom. The van der Waals surface area contributed by atoms with E-state index in [1.807, 2.05) is 41.5 Å². The van der Waals surface area contributed by atoms with Gasteiger partial charge in [0.2, 0.25) is 0 Å². The molecule has 1 amide bonds. The van der Waals surface area contributed by atoms with E-state index in [0.29, 0.717) is 22.3 Å². The number of carbonyl (C=O) groups excluding carboxylic acids is 3. The molecule has 0 atom stereocenters. The van der Waals surface area contributed by atoms with E-state index in [9.17, 15) is 14.4 Å². The molecule has 1 fully saturated rings. The number of nitrogens with zero attached hydrogens (tertiary/aromatic N) is 1.